The number of hydrogen-bond donors (Lipinski definition) is 1. The van der Waals surface area contributed by atoms with E-state index in [2.05, 4.69) is 0 Å². The number of ether oxygens (including phenoxy) is 2. The second-order valence-electron chi connectivity index (χ2n) is 6.06. The lowest BCUT2D eigenvalue weighted by Crippen LogP contribution is -2.54. The smallest absolute Gasteiger partial charge is 0.260 e. The van der Waals surface area contributed by atoms with Crippen molar-refractivity contribution in [1.29, 1.82) is 0 Å². The van der Waals surface area contributed by atoms with Crippen LogP contribution in [0.3, 0.4) is 0 Å². The third-order valence-electron chi connectivity index (χ3n) is 3.47. The Morgan fingerprint density at radius 3 is 2.86 bits per heavy atom. The van der Waals surface area contributed by atoms with Gasteiger partial charge in [0.25, 0.3) is 5.91 Å². The van der Waals surface area contributed by atoms with Crippen molar-refractivity contribution < 1.29 is 14.3 Å². The van der Waals surface area contributed by atoms with E-state index in [1.54, 1.807) is 4.90 Å². The number of morpholine rings is 1. The number of nitrogens with zero attached hydrogens (tertiary/aromatic N) is 1. The Balaban J connectivity index is 1.95. The van der Waals surface area contributed by atoms with Crippen molar-refractivity contribution in [2.45, 2.75) is 39.0 Å². The van der Waals surface area contributed by atoms with E-state index in [1.807, 2.05) is 45.0 Å². The Hall–Kier alpha value is -1.59. The third-order valence-corrected chi connectivity index (χ3v) is 3.47. The summed E-state index contributed by atoms with van der Waals surface area (Å²) < 4.78 is 11.4. The van der Waals surface area contributed by atoms with Gasteiger partial charge in [0.05, 0.1) is 11.7 Å². The Kier molecular flexibility index (Phi) is 4.85. The molecule has 1 atom stereocenters. The molecule has 21 heavy (non-hydrogen) atoms. The zero-order valence-corrected chi connectivity index (χ0v) is 13.0. The highest BCUT2D eigenvalue weighted by Crippen LogP contribution is 2.21. The van der Waals surface area contributed by atoms with E-state index in [0.29, 0.717) is 25.4 Å². The first kappa shape index (κ1) is 15.8. The maximum absolute atomic E-state index is 12.3. The summed E-state index contributed by atoms with van der Waals surface area (Å²) in [7, 11) is 0. The van der Waals surface area contributed by atoms with E-state index in [0.717, 1.165) is 5.56 Å². The van der Waals surface area contributed by atoms with Gasteiger partial charge < -0.3 is 20.1 Å². The molecule has 0 spiro atoms. The molecule has 1 saturated heterocycles. The third kappa shape index (κ3) is 4.19. The minimum Gasteiger partial charge on any atom is -0.483 e. The molecule has 1 fully saturated rings. The average molecular weight is 292 g/mol. The molecule has 1 amide bonds. The fourth-order valence-corrected chi connectivity index (χ4v) is 2.69. The summed E-state index contributed by atoms with van der Waals surface area (Å²) >= 11 is 0. The van der Waals surface area contributed by atoms with Crippen molar-refractivity contribution in [3.05, 3.63) is 29.8 Å². The van der Waals surface area contributed by atoms with Gasteiger partial charge in [-0.05, 0) is 26.8 Å². The monoisotopic (exact) mass is 292 g/mol. The molecule has 0 aliphatic carbocycles. The molecule has 1 aliphatic heterocycles. The molecule has 5 nitrogen and oxygen atoms in total. The number of rotatable bonds is 4. The van der Waals surface area contributed by atoms with Crippen LogP contribution >= 0.6 is 0 Å². The minimum absolute atomic E-state index is 0.0231. The van der Waals surface area contributed by atoms with Crippen LogP contribution in [0, 0.1) is 0 Å². The van der Waals surface area contributed by atoms with Crippen LogP contribution in [-0.4, -0.2) is 42.2 Å². The first-order chi connectivity index (χ1) is 9.91. The van der Waals surface area contributed by atoms with Gasteiger partial charge in [-0.1, -0.05) is 18.2 Å². The first-order valence-electron chi connectivity index (χ1n) is 7.27. The molecule has 0 bridgehead atoms. The average Bonchev–Trinajstić information content (AvgIpc) is 2.42. The van der Waals surface area contributed by atoms with Crippen LogP contribution in [0.5, 0.6) is 5.75 Å². The van der Waals surface area contributed by atoms with E-state index < -0.39 is 0 Å². The Morgan fingerprint density at radius 1 is 1.48 bits per heavy atom. The maximum atomic E-state index is 12.3. The van der Waals surface area contributed by atoms with Crippen LogP contribution < -0.4 is 10.5 Å². The molecule has 0 aromatic heterocycles. The molecule has 1 heterocycles. The quantitative estimate of drug-likeness (QED) is 0.914. The Labute approximate surface area is 126 Å². The van der Waals surface area contributed by atoms with Crippen molar-refractivity contribution in [1.82, 2.24) is 4.90 Å². The molecular formula is C16H24N2O3. The molecule has 1 aromatic rings. The van der Waals surface area contributed by atoms with E-state index in [-0.39, 0.29) is 24.2 Å². The first-order valence-corrected chi connectivity index (χ1v) is 7.27. The molecule has 2 rings (SSSR count). The number of benzene rings is 1. The van der Waals surface area contributed by atoms with Gasteiger partial charge in [0.15, 0.2) is 6.61 Å². The SMILES string of the molecule is CC1CN(C(=O)COc2ccccc2CN)CC(C)(C)O1. The summed E-state index contributed by atoms with van der Waals surface area (Å²) in [5.41, 5.74) is 6.25. The summed E-state index contributed by atoms with van der Waals surface area (Å²) in [5.74, 6) is 0.652. The molecule has 1 aliphatic rings. The number of amides is 1. The van der Waals surface area contributed by atoms with E-state index in [1.165, 1.54) is 0 Å². The summed E-state index contributed by atoms with van der Waals surface area (Å²) in [6.45, 7) is 7.57. The number of carbonyl (C=O) groups is 1. The lowest BCUT2D eigenvalue weighted by atomic mass is 10.1. The van der Waals surface area contributed by atoms with Gasteiger partial charge in [-0.2, -0.15) is 0 Å². The zero-order valence-electron chi connectivity index (χ0n) is 13.0. The zero-order chi connectivity index (χ0) is 15.5. The predicted molar refractivity (Wildman–Crippen MR) is 81.0 cm³/mol. The van der Waals surface area contributed by atoms with E-state index in [9.17, 15) is 4.79 Å². The molecule has 2 N–H and O–H groups in total. The number of nitrogens with two attached hydrogens (primary N) is 1. The fourth-order valence-electron chi connectivity index (χ4n) is 2.69. The molecule has 0 saturated carbocycles. The number of carbonyl (C=O) groups excluding carboxylic acids is 1. The second kappa shape index (κ2) is 6.45. The van der Waals surface area contributed by atoms with Crippen LogP contribution in [0.15, 0.2) is 24.3 Å². The Bertz CT molecular complexity index is 502. The fraction of sp³-hybridized carbons (Fsp3) is 0.562. The lowest BCUT2D eigenvalue weighted by molar-refractivity contribution is -0.159. The Morgan fingerprint density at radius 2 is 2.19 bits per heavy atom. The van der Waals surface area contributed by atoms with E-state index >= 15 is 0 Å². The molecule has 1 aromatic carbocycles. The minimum atomic E-state index is -0.317. The maximum Gasteiger partial charge on any atom is 0.260 e. The molecule has 1 unspecified atom stereocenters. The lowest BCUT2D eigenvalue weighted by Gasteiger charge is -2.41. The topological polar surface area (TPSA) is 64.8 Å². The van der Waals surface area contributed by atoms with Crippen LogP contribution in [0.4, 0.5) is 0 Å². The van der Waals surface area contributed by atoms with Crippen molar-refractivity contribution in [2.75, 3.05) is 19.7 Å². The highest BCUT2D eigenvalue weighted by molar-refractivity contribution is 5.78. The van der Waals surface area contributed by atoms with Crippen molar-refractivity contribution in [3.8, 4) is 5.75 Å². The summed E-state index contributed by atoms with van der Waals surface area (Å²) in [6, 6.07) is 7.52. The van der Waals surface area contributed by atoms with Gasteiger partial charge in [0.2, 0.25) is 0 Å². The summed E-state index contributed by atoms with van der Waals surface area (Å²) in [4.78, 5) is 14.1. The van der Waals surface area contributed by atoms with Crippen LogP contribution in [-0.2, 0) is 16.1 Å². The molecular weight excluding hydrogens is 268 g/mol. The predicted octanol–water partition coefficient (Wildman–Crippen LogP) is 1.55. The van der Waals surface area contributed by atoms with Gasteiger partial charge in [-0.3, -0.25) is 4.79 Å². The number of hydrogen-bond acceptors (Lipinski definition) is 4. The standard InChI is InChI=1S/C16H24N2O3/c1-12-9-18(11-16(2,3)21-12)15(19)10-20-14-7-5-4-6-13(14)8-17/h4-7,12H,8-11,17H2,1-3H3. The van der Waals surface area contributed by atoms with Gasteiger partial charge in [-0.25, -0.2) is 0 Å². The van der Waals surface area contributed by atoms with Gasteiger partial charge in [0.1, 0.15) is 5.75 Å². The van der Waals surface area contributed by atoms with Crippen LogP contribution in [0.2, 0.25) is 0 Å². The summed E-state index contributed by atoms with van der Waals surface area (Å²) in [5, 5.41) is 0. The molecule has 0 radical (unpaired) electrons. The summed E-state index contributed by atoms with van der Waals surface area (Å²) in [6.07, 6.45) is 0.0361. The van der Waals surface area contributed by atoms with Crippen LogP contribution in [0.1, 0.15) is 26.3 Å². The van der Waals surface area contributed by atoms with Crippen LogP contribution in [0.25, 0.3) is 0 Å². The van der Waals surface area contributed by atoms with Gasteiger partial charge >= 0.3 is 0 Å². The number of para-hydroxylation sites is 1. The van der Waals surface area contributed by atoms with Crippen molar-refractivity contribution >= 4 is 5.91 Å². The van der Waals surface area contributed by atoms with Gasteiger partial charge in [-0.15, -0.1) is 0 Å². The van der Waals surface area contributed by atoms with Crippen molar-refractivity contribution in [2.24, 2.45) is 5.73 Å². The van der Waals surface area contributed by atoms with Crippen molar-refractivity contribution in [3.63, 3.8) is 0 Å². The largest absolute Gasteiger partial charge is 0.483 e. The molecule has 116 valence electrons. The molecule has 5 heteroatoms. The normalized spacial score (nSPS) is 21.1. The van der Waals surface area contributed by atoms with E-state index in [4.69, 9.17) is 15.2 Å². The van der Waals surface area contributed by atoms with Gasteiger partial charge in [0, 0.05) is 25.2 Å². The highest BCUT2D eigenvalue weighted by Gasteiger charge is 2.33. The highest BCUT2D eigenvalue weighted by atomic mass is 16.5. The second-order valence-corrected chi connectivity index (χ2v) is 6.06.